The SMILES string of the molecule is C=C(F)C(=O)N1CCN(c2nc(OC)nc3c2CCN(c2nccc4cccc(Br)c24)C3)CC1. The number of hydrogen-bond donors (Lipinski definition) is 0. The van der Waals surface area contributed by atoms with Crippen molar-refractivity contribution in [2.45, 2.75) is 13.0 Å². The lowest BCUT2D eigenvalue weighted by Gasteiger charge is -2.37. The zero-order valence-electron chi connectivity index (χ0n) is 18.8. The molecule has 0 radical (unpaired) electrons. The average Bonchev–Trinajstić information content (AvgIpc) is 2.87. The van der Waals surface area contributed by atoms with E-state index in [-0.39, 0.29) is 0 Å². The molecule has 0 bridgehead atoms. The van der Waals surface area contributed by atoms with E-state index in [1.807, 2.05) is 24.4 Å². The number of halogens is 2. The summed E-state index contributed by atoms with van der Waals surface area (Å²) in [5.41, 5.74) is 1.97. The number of pyridine rings is 1. The molecule has 0 atom stereocenters. The average molecular weight is 527 g/mol. The summed E-state index contributed by atoms with van der Waals surface area (Å²) < 4.78 is 19.7. The molecule has 2 aromatic heterocycles. The molecule has 10 heteroatoms. The summed E-state index contributed by atoms with van der Waals surface area (Å²) in [5.74, 6) is 0.155. The maximum Gasteiger partial charge on any atom is 0.318 e. The molecule has 2 aliphatic heterocycles. The van der Waals surface area contributed by atoms with Crippen molar-refractivity contribution in [2.24, 2.45) is 0 Å². The zero-order valence-corrected chi connectivity index (χ0v) is 20.4. The van der Waals surface area contributed by atoms with Gasteiger partial charge in [0.1, 0.15) is 11.6 Å². The number of piperazine rings is 1. The number of hydrogen-bond acceptors (Lipinski definition) is 7. The molecule has 4 heterocycles. The third-order valence-electron chi connectivity index (χ3n) is 6.32. The van der Waals surface area contributed by atoms with Gasteiger partial charge in [-0.15, -0.1) is 0 Å². The Bertz CT molecular complexity index is 1270. The molecule has 1 amide bonds. The first-order valence-corrected chi connectivity index (χ1v) is 11.9. The molecule has 0 spiro atoms. The summed E-state index contributed by atoms with van der Waals surface area (Å²) in [5, 5.41) is 2.19. The van der Waals surface area contributed by atoms with E-state index < -0.39 is 11.7 Å². The standard InChI is InChI=1S/C24H24BrFN6O2/c1-15(26)23(33)31-12-10-30(11-13-31)21-17-7-9-32(14-19(17)28-24(29-21)34-2)22-20-16(6-8-27-22)4-3-5-18(20)25/h3-6,8H,1,7,9-14H2,2H3. The number of anilines is 2. The van der Waals surface area contributed by atoms with Crippen LogP contribution in [0.15, 0.2) is 47.3 Å². The van der Waals surface area contributed by atoms with E-state index in [4.69, 9.17) is 9.72 Å². The quantitative estimate of drug-likeness (QED) is 0.481. The minimum absolute atomic E-state index is 0.304. The summed E-state index contributed by atoms with van der Waals surface area (Å²) in [6.07, 6.45) is 2.58. The maximum absolute atomic E-state index is 13.3. The van der Waals surface area contributed by atoms with Crippen LogP contribution in [0.25, 0.3) is 10.8 Å². The van der Waals surface area contributed by atoms with Crippen LogP contribution in [0.5, 0.6) is 6.01 Å². The highest BCUT2D eigenvalue weighted by Gasteiger charge is 2.30. The van der Waals surface area contributed by atoms with Crippen LogP contribution in [0.2, 0.25) is 0 Å². The smallest absolute Gasteiger partial charge is 0.318 e. The molecular weight excluding hydrogens is 503 g/mol. The summed E-state index contributed by atoms with van der Waals surface area (Å²) >= 11 is 3.68. The van der Waals surface area contributed by atoms with E-state index in [0.29, 0.717) is 38.7 Å². The summed E-state index contributed by atoms with van der Waals surface area (Å²) in [6.45, 7) is 6.38. The van der Waals surface area contributed by atoms with Crippen molar-refractivity contribution in [3.8, 4) is 6.01 Å². The normalized spacial score (nSPS) is 15.9. The molecular formula is C24H24BrFN6O2. The molecule has 0 saturated carbocycles. The number of carbonyl (C=O) groups is 1. The van der Waals surface area contributed by atoms with E-state index >= 15 is 0 Å². The van der Waals surface area contributed by atoms with Gasteiger partial charge in [0.15, 0.2) is 5.83 Å². The van der Waals surface area contributed by atoms with Crippen LogP contribution in [0.4, 0.5) is 16.0 Å². The predicted octanol–water partition coefficient (Wildman–Crippen LogP) is 3.49. The van der Waals surface area contributed by atoms with Crippen molar-refractivity contribution >= 4 is 44.2 Å². The number of carbonyl (C=O) groups excluding carboxylic acids is 1. The Balaban J connectivity index is 1.44. The Labute approximate surface area is 205 Å². The second-order valence-electron chi connectivity index (χ2n) is 8.29. The van der Waals surface area contributed by atoms with Crippen LogP contribution < -0.4 is 14.5 Å². The van der Waals surface area contributed by atoms with E-state index in [1.54, 1.807) is 7.11 Å². The lowest BCUT2D eigenvalue weighted by molar-refractivity contribution is -0.128. The highest BCUT2D eigenvalue weighted by molar-refractivity contribution is 9.10. The van der Waals surface area contributed by atoms with Gasteiger partial charge in [-0.3, -0.25) is 4.79 Å². The Hall–Kier alpha value is -3.27. The number of aromatic nitrogens is 3. The molecule has 5 rings (SSSR count). The predicted molar refractivity (Wildman–Crippen MR) is 132 cm³/mol. The highest BCUT2D eigenvalue weighted by Crippen LogP contribution is 2.35. The largest absolute Gasteiger partial charge is 0.467 e. The zero-order chi connectivity index (χ0) is 23.8. The summed E-state index contributed by atoms with van der Waals surface area (Å²) in [6, 6.07) is 8.43. The van der Waals surface area contributed by atoms with Crippen LogP contribution in [-0.4, -0.2) is 65.6 Å². The van der Waals surface area contributed by atoms with Gasteiger partial charge in [0, 0.05) is 54.3 Å². The third kappa shape index (κ3) is 4.06. The van der Waals surface area contributed by atoms with Crippen molar-refractivity contribution in [1.29, 1.82) is 0 Å². The van der Waals surface area contributed by atoms with Crippen molar-refractivity contribution in [2.75, 3.05) is 49.6 Å². The van der Waals surface area contributed by atoms with Crippen LogP contribution >= 0.6 is 15.9 Å². The van der Waals surface area contributed by atoms with Gasteiger partial charge in [-0.05, 0) is 23.9 Å². The molecule has 1 aromatic carbocycles. The van der Waals surface area contributed by atoms with Gasteiger partial charge in [0.2, 0.25) is 0 Å². The molecule has 0 N–H and O–H groups in total. The molecule has 8 nitrogen and oxygen atoms in total. The topological polar surface area (TPSA) is 74.7 Å². The van der Waals surface area contributed by atoms with Gasteiger partial charge in [-0.1, -0.05) is 34.6 Å². The molecule has 1 saturated heterocycles. The fraction of sp³-hybridized carbons (Fsp3) is 0.333. The molecule has 34 heavy (non-hydrogen) atoms. The molecule has 2 aliphatic rings. The second kappa shape index (κ2) is 9.17. The monoisotopic (exact) mass is 526 g/mol. The summed E-state index contributed by atoms with van der Waals surface area (Å²) in [7, 11) is 1.55. The van der Waals surface area contributed by atoms with Crippen molar-refractivity contribution in [3.05, 3.63) is 58.6 Å². The number of rotatable bonds is 4. The first-order valence-electron chi connectivity index (χ1n) is 11.1. The van der Waals surface area contributed by atoms with E-state index in [9.17, 15) is 9.18 Å². The number of benzene rings is 1. The minimum atomic E-state index is -0.927. The molecule has 3 aromatic rings. The number of nitrogens with zero attached hydrogens (tertiary/aromatic N) is 6. The number of amides is 1. The first kappa shape index (κ1) is 22.5. The van der Waals surface area contributed by atoms with E-state index in [2.05, 4.69) is 48.3 Å². The van der Waals surface area contributed by atoms with Gasteiger partial charge < -0.3 is 19.4 Å². The number of methoxy groups -OCH3 is 1. The van der Waals surface area contributed by atoms with Gasteiger partial charge >= 0.3 is 6.01 Å². The van der Waals surface area contributed by atoms with Crippen molar-refractivity contribution in [3.63, 3.8) is 0 Å². The van der Waals surface area contributed by atoms with Gasteiger partial charge in [-0.25, -0.2) is 9.37 Å². The molecule has 0 aliphatic carbocycles. The van der Waals surface area contributed by atoms with E-state index in [0.717, 1.165) is 51.1 Å². The third-order valence-corrected chi connectivity index (χ3v) is 6.98. The Morgan fingerprint density at radius 2 is 1.88 bits per heavy atom. The lowest BCUT2D eigenvalue weighted by Crippen LogP contribution is -2.49. The Morgan fingerprint density at radius 3 is 2.62 bits per heavy atom. The van der Waals surface area contributed by atoms with Gasteiger partial charge in [-0.2, -0.15) is 9.97 Å². The molecule has 1 fully saturated rings. The molecule has 0 unspecified atom stereocenters. The fourth-order valence-corrected chi connectivity index (χ4v) is 5.18. The lowest BCUT2D eigenvalue weighted by atomic mass is 10.0. The van der Waals surface area contributed by atoms with E-state index in [1.165, 1.54) is 4.90 Å². The van der Waals surface area contributed by atoms with Crippen LogP contribution in [0.1, 0.15) is 11.3 Å². The second-order valence-corrected chi connectivity index (χ2v) is 9.14. The minimum Gasteiger partial charge on any atom is -0.467 e. The maximum atomic E-state index is 13.3. The van der Waals surface area contributed by atoms with Crippen LogP contribution in [0, 0.1) is 0 Å². The first-order chi connectivity index (χ1) is 16.5. The Morgan fingerprint density at radius 1 is 1.09 bits per heavy atom. The summed E-state index contributed by atoms with van der Waals surface area (Å²) in [4.78, 5) is 31.8. The van der Waals surface area contributed by atoms with Gasteiger partial charge in [0.05, 0.1) is 19.3 Å². The molecule has 176 valence electrons. The van der Waals surface area contributed by atoms with Crippen LogP contribution in [-0.2, 0) is 17.8 Å². The van der Waals surface area contributed by atoms with Crippen molar-refractivity contribution < 1.29 is 13.9 Å². The number of fused-ring (bicyclic) bond motifs is 2. The van der Waals surface area contributed by atoms with Crippen molar-refractivity contribution in [1.82, 2.24) is 19.9 Å². The number of ether oxygens (including phenoxy) is 1. The van der Waals surface area contributed by atoms with Gasteiger partial charge in [0.25, 0.3) is 5.91 Å². The highest BCUT2D eigenvalue weighted by atomic mass is 79.9. The van der Waals surface area contributed by atoms with Crippen LogP contribution in [0.3, 0.4) is 0 Å². The Kier molecular flexibility index (Phi) is 6.07. The fourth-order valence-electron chi connectivity index (χ4n) is 4.62.